The summed E-state index contributed by atoms with van der Waals surface area (Å²) in [7, 11) is 3.07. The largest absolute Gasteiger partial charge is 0.496 e. The fourth-order valence-corrected chi connectivity index (χ4v) is 1.40. The summed E-state index contributed by atoms with van der Waals surface area (Å²) in [6.45, 7) is 3.59. The van der Waals surface area contributed by atoms with Crippen molar-refractivity contribution < 1.29 is 14.3 Å². The van der Waals surface area contributed by atoms with Crippen LogP contribution in [-0.2, 0) is 10.2 Å². The number of carbonyl (C=O) groups excluding carboxylic acids is 1. The van der Waals surface area contributed by atoms with Crippen LogP contribution in [0, 0.1) is 0 Å². The number of methoxy groups -OCH3 is 2. The van der Waals surface area contributed by atoms with E-state index in [0.29, 0.717) is 17.2 Å². The summed E-state index contributed by atoms with van der Waals surface area (Å²) in [6, 6.07) is 1.71. The van der Waals surface area contributed by atoms with E-state index in [1.54, 1.807) is 33.2 Å². The highest BCUT2D eigenvalue weighted by Gasteiger charge is 2.28. The summed E-state index contributed by atoms with van der Waals surface area (Å²) in [5, 5.41) is 0. The molecular formula is C11H15NO3. The van der Waals surface area contributed by atoms with Crippen molar-refractivity contribution in [1.29, 1.82) is 0 Å². The molecule has 1 aromatic rings. The maximum Gasteiger partial charge on any atom is 0.221 e. The van der Waals surface area contributed by atoms with Gasteiger partial charge in [0, 0.05) is 6.20 Å². The summed E-state index contributed by atoms with van der Waals surface area (Å²) in [5.74, 6) is 1.03. The Morgan fingerprint density at radius 2 is 2.00 bits per heavy atom. The number of ether oxygens (including phenoxy) is 2. The van der Waals surface area contributed by atoms with Gasteiger partial charge in [0.2, 0.25) is 5.88 Å². The third-order valence-electron chi connectivity index (χ3n) is 2.23. The Hall–Kier alpha value is -1.58. The Bertz CT molecular complexity index is 339. The van der Waals surface area contributed by atoms with Gasteiger partial charge in [-0.15, -0.1) is 0 Å². The van der Waals surface area contributed by atoms with E-state index in [0.717, 1.165) is 6.29 Å². The maximum atomic E-state index is 11.0. The van der Waals surface area contributed by atoms with Crippen molar-refractivity contribution in [2.75, 3.05) is 14.2 Å². The molecule has 4 heteroatoms. The van der Waals surface area contributed by atoms with Gasteiger partial charge in [-0.3, -0.25) is 0 Å². The number of aromatic nitrogens is 1. The van der Waals surface area contributed by atoms with Crippen molar-refractivity contribution >= 4 is 6.29 Å². The standard InChI is InChI=1S/C11H15NO3/c1-11(2,7-13)9-8(14-3)5-6-12-10(9)15-4/h5-7H,1-4H3. The first kappa shape index (κ1) is 11.5. The molecule has 0 N–H and O–H groups in total. The predicted octanol–water partition coefficient (Wildman–Crippen LogP) is 1.58. The van der Waals surface area contributed by atoms with Gasteiger partial charge in [-0.2, -0.15) is 0 Å². The molecule has 0 aliphatic carbocycles. The average Bonchev–Trinajstić information content (AvgIpc) is 2.27. The van der Waals surface area contributed by atoms with Crippen LogP contribution in [0.25, 0.3) is 0 Å². The van der Waals surface area contributed by atoms with Crippen molar-refractivity contribution in [3.8, 4) is 11.6 Å². The lowest BCUT2D eigenvalue weighted by atomic mass is 9.86. The number of aldehydes is 1. The van der Waals surface area contributed by atoms with E-state index in [-0.39, 0.29) is 0 Å². The number of hydrogen-bond donors (Lipinski definition) is 0. The molecule has 4 nitrogen and oxygen atoms in total. The van der Waals surface area contributed by atoms with E-state index in [4.69, 9.17) is 9.47 Å². The molecule has 0 amide bonds. The number of carbonyl (C=O) groups is 1. The van der Waals surface area contributed by atoms with Crippen molar-refractivity contribution in [3.63, 3.8) is 0 Å². The van der Waals surface area contributed by atoms with Crippen LogP contribution in [0.3, 0.4) is 0 Å². The molecule has 0 aliphatic heterocycles. The van der Waals surface area contributed by atoms with Crippen LogP contribution in [0.1, 0.15) is 19.4 Å². The molecule has 1 heterocycles. The molecule has 82 valence electrons. The van der Waals surface area contributed by atoms with Gasteiger partial charge in [0.1, 0.15) is 12.0 Å². The minimum absolute atomic E-state index is 0.423. The highest BCUT2D eigenvalue weighted by atomic mass is 16.5. The quantitative estimate of drug-likeness (QED) is 0.706. The molecule has 0 atom stereocenters. The second kappa shape index (κ2) is 4.29. The third-order valence-corrected chi connectivity index (χ3v) is 2.23. The molecule has 0 spiro atoms. The highest BCUT2D eigenvalue weighted by Crippen LogP contribution is 2.35. The number of hydrogen-bond acceptors (Lipinski definition) is 4. The summed E-state index contributed by atoms with van der Waals surface area (Å²) >= 11 is 0. The Kier molecular flexibility index (Phi) is 3.29. The van der Waals surface area contributed by atoms with Crippen LogP contribution in [0.4, 0.5) is 0 Å². The van der Waals surface area contributed by atoms with Gasteiger partial charge >= 0.3 is 0 Å². The molecule has 0 radical (unpaired) electrons. The lowest BCUT2D eigenvalue weighted by molar-refractivity contribution is -0.111. The van der Waals surface area contributed by atoms with Crippen LogP contribution in [0.15, 0.2) is 12.3 Å². The Balaban J connectivity index is 3.40. The summed E-state index contributed by atoms with van der Waals surface area (Å²) in [6.07, 6.45) is 2.44. The van der Waals surface area contributed by atoms with Crippen LogP contribution < -0.4 is 9.47 Å². The first-order chi connectivity index (χ1) is 7.06. The van der Waals surface area contributed by atoms with Crippen LogP contribution in [-0.4, -0.2) is 25.5 Å². The smallest absolute Gasteiger partial charge is 0.221 e. The van der Waals surface area contributed by atoms with Crippen LogP contribution in [0.2, 0.25) is 0 Å². The van der Waals surface area contributed by atoms with Crippen molar-refractivity contribution in [1.82, 2.24) is 4.98 Å². The summed E-state index contributed by atoms with van der Waals surface area (Å²) in [5.41, 5.74) is -0.00435. The molecule has 0 fully saturated rings. The zero-order valence-corrected chi connectivity index (χ0v) is 9.40. The highest BCUT2D eigenvalue weighted by molar-refractivity contribution is 5.71. The summed E-state index contributed by atoms with van der Waals surface area (Å²) < 4.78 is 10.3. The van der Waals surface area contributed by atoms with Gasteiger partial charge < -0.3 is 14.3 Å². The number of rotatable bonds is 4. The van der Waals surface area contributed by atoms with Gasteiger partial charge in [-0.1, -0.05) is 0 Å². The lowest BCUT2D eigenvalue weighted by Gasteiger charge is -2.22. The maximum absolute atomic E-state index is 11.0. The predicted molar refractivity (Wildman–Crippen MR) is 56.4 cm³/mol. The topological polar surface area (TPSA) is 48.4 Å². The molecule has 0 unspecified atom stereocenters. The molecule has 1 aromatic heterocycles. The molecule has 0 aromatic carbocycles. The minimum Gasteiger partial charge on any atom is -0.496 e. The third kappa shape index (κ3) is 2.09. The van der Waals surface area contributed by atoms with E-state index in [1.807, 2.05) is 0 Å². The molecule has 0 saturated heterocycles. The normalized spacial score (nSPS) is 10.9. The SMILES string of the molecule is COc1ccnc(OC)c1C(C)(C)C=O. The fourth-order valence-electron chi connectivity index (χ4n) is 1.40. The molecule has 0 aliphatic rings. The van der Waals surface area contributed by atoms with Crippen molar-refractivity contribution in [2.45, 2.75) is 19.3 Å². The average molecular weight is 209 g/mol. The van der Waals surface area contributed by atoms with Crippen molar-refractivity contribution in [3.05, 3.63) is 17.8 Å². The molecule has 0 saturated carbocycles. The molecule has 0 bridgehead atoms. The molecule has 15 heavy (non-hydrogen) atoms. The minimum atomic E-state index is -0.676. The van der Waals surface area contributed by atoms with Gasteiger partial charge in [0.05, 0.1) is 25.2 Å². The number of pyridine rings is 1. The van der Waals surface area contributed by atoms with E-state index in [9.17, 15) is 4.79 Å². The van der Waals surface area contributed by atoms with Gasteiger partial charge in [-0.25, -0.2) is 4.98 Å². The number of nitrogens with zero attached hydrogens (tertiary/aromatic N) is 1. The zero-order chi connectivity index (χ0) is 11.5. The Morgan fingerprint density at radius 1 is 1.33 bits per heavy atom. The second-order valence-corrected chi connectivity index (χ2v) is 3.74. The van der Waals surface area contributed by atoms with E-state index in [1.165, 1.54) is 7.11 Å². The monoisotopic (exact) mass is 209 g/mol. The van der Waals surface area contributed by atoms with Crippen LogP contribution in [0.5, 0.6) is 11.6 Å². The Morgan fingerprint density at radius 3 is 2.47 bits per heavy atom. The van der Waals surface area contributed by atoms with Crippen molar-refractivity contribution in [2.24, 2.45) is 0 Å². The van der Waals surface area contributed by atoms with Gasteiger partial charge in [0.25, 0.3) is 0 Å². The van der Waals surface area contributed by atoms with Crippen LogP contribution >= 0.6 is 0 Å². The van der Waals surface area contributed by atoms with Gasteiger partial charge in [-0.05, 0) is 19.9 Å². The first-order valence-electron chi connectivity index (χ1n) is 4.60. The zero-order valence-electron chi connectivity index (χ0n) is 9.40. The van der Waals surface area contributed by atoms with Gasteiger partial charge in [0.15, 0.2) is 0 Å². The van der Waals surface area contributed by atoms with E-state index >= 15 is 0 Å². The lowest BCUT2D eigenvalue weighted by Crippen LogP contribution is -2.21. The molecular weight excluding hydrogens is 194 g/mol. The fraction of sp³-hybridized carbons (Fsp3) is 0.455. The summed E-state index contributed by atoms with van der Waals surface area (Å²) in [4.78, 5) is 15.1. The second-order valence-electron chi connectivity index (χ2n) is 3.74. The Labute approximate surface area is 89.2 Å². The molecule has 1 rings (SSSR count). The van der Waals surface area contributed by atoms with E-state index in [2.05, 4.69) is 4.98 Å². The van der Waals surface area contributed by atoms with E-state index < -0.39 is 5.41 Å². The first-order valence-corrected chi connectivity index (χ1v) is 4.60.